The van der Waals surface area contributed by atoms with Gasteiger partial charge in [-0.1, -0.05) is 6.07 Å². The summed E-state index contributed by atoms with van der Waals surface area (Å²) in [6.45, 7) is 2.64. The van der Waals surface area contributed by atoms with Crippen LogP contribution in [0.5, 0.6) is 17.2 Å². The highest BCUT2D eigenvalue weighted by molar-refractivity contribution is 5.53. The third-order valence-electron chi connectivity index (χ3n) is 3.38. The Kier molecular flexibility index (Phi) is 2.68. The van der Waals surface area contributed by atoms with E-state index in [1.165, 1.54) is 12.5 Å². The Morgan fingerprint density at radius 2 is 1.88 bits per heavy atom. The minimum atomic E-state index is -0.446. The predicted octanol–water partition coefficient (Wildman–Crippen LogP) is 1.84. The van der Waals surface area contributed by atoms with Gasteiger partial charge in [0, 0.05) is 17.6 Å². The Morgan fingerprint density at radius 3 is 2.44 bits per heavy atom. The monoisotopic (exact) mass is 223 g/mol. The minimum absolute atomic E-state index is 0.153. The van der Waals surface area contributed by atoms with E-state index in [4.69, 9.17) is 0 Å². The van der Waals surface area contributed by atoms with Gasteiger partial charge in [-0.05, 0) is 32.3 Å². The van der Waals surface area contributed by atoms with Gasteiger partial charge >= 0.3 is 0 Å². The number of hydrogen-bond acceptors (Lipinski definition) is 4. The smallest absolute Gasteiger partial charge is 0.200 e. The molecule has 1 aliphatic carbocycles. The van der Waals surface area contributed by atoms with E-state index in [2.05, 4.69) is 12.2 Å². The highest BCUT2D eigenvalue weighted by Crippen LogP contribution is 2.38. The molecule has 0 spiro atoms. The van der Waals surface area contributed by atoms with Crippen LogP contribution in [0.15, 0.2) is 12.1 Å². The lowest BCUT2D eigenvalue weighted by Crippen LogP contribution is -2.47. The van der Waals surface area contributed by atoms with E-state index in [1.807, 2.05) is 0 Å². The Bertz CT molecular complexity index is 399. The second-order valence-electron chi connectivity index (χ2n) is 4.71. The topological polar surface area (TPSA) is 72.7 Å². The van der Waals surface area contributed by atoms with Gasteiger partial charge in [0.2, 0.25) is 5.75 Å². The van der Waals surface area contributed by atoms with E-state index < -0.39 is 5.75 Å². The van der Waals surface area contributed by atoms with Crippen molar-refractivity contribution in [2.24, 2.45) is 0 Å². The Labute approximate surface area is 94.5 Å². The Balaban J connectivity index is 2.07. The van der Waals surface area contributed by atoms with Crippen molar-refractivity contribution in [1.82, 2.24) is 5.32 Å². The third kappa shape index (κ3) is 1.93. The van der Waals surface area contributed by atoms with Gasteiger partial charge < -0.3 is 20.6 Å². The predicted molar refractivity (Wildman–Crippen MR) is 60.5 cm³/mol. The van der Waals surface area contributed by atoms with Gasteiger partial charge in [0.05, 0.1) is 0 Å². The van der Waals surface area contributed by atoms with Gasteiger partial charge in [-0.3, -0.25) is 0 Å². The average Bonchev–Trinajstić information content (AvgIpc) is 2.22. The summed E-state index contributed by atoms with van der Waals surface area (Å²) < 4.78 is 0. The van der Waals surface area contributed by atoms with Crippen LogP contribution in [0, 0.1) is 0 Å². The molecule has 1 fully saturated rings. The van der Waals surface area contributed by atoms with Crippen molar-refractivity contribution in [2.45, 2.75) is 38.3 Å². The number of phenols is 3. The summed E-state index contributed by atoms with van der Waals surface area (Å²) in [6, 6.07) is 2.99. The molecular formula is C12H17NO3. The van der Waals surface area contributed by atoms with Crippen LogP contribution in [0.4, 0.5) is 0 Å². The van der Waals surface area contributed by atoms with Crippen LogP contribution >= 0.6 is 0 Å². The lowest BCUT2D eigenvalue weighted by Gasteiger charge is -2.39. The van der Waals surface area contributed by atoms with Crippen molar-refractivity contribution < 1.29 is 15.3 Å². The van der Waals surface area contributed by atoms with Crippen molar-refractivity contribution in [3.8, 4) is 17.2 Å². The maximum absolute atomic E-state index is 9.62. The number of hydrogen-bond donors (Lipinski definition) is 4. The zero-order valence-electron chi connectivity index (χ0n) is 9.32. The first-order valence-corrected chi connectivity index (χ1v) is 5.50. The van der Waals surface area contributed by atoms with Gasteiger partial charge in [-0.2, -0.15) is 0 Å². The number of rotatable bonds is 3. The van der Waals surface area contributed by atoms with Crippen LogP contribution in [-0.4, -0.2) is 20.9 Å². The number of aromatic hydroxyl groups is 3. The summed E-state index contributed by atoms with van der Waals surface area (Å²) in [5.74, 6) is -0.982. The molecule has 2 rings (SSSR count). The van der Waals surface area contributed by atoms with Crippen LogP contribution in [0.1, 0.15) is 31.7 Å². The third-order valence-corrected chi connectivity index (χ3v) is 3.38. The normalized spacial score (nSPS) is 18.1. The summed E-state index contributed by atoms with van der Waals surface area (Å²) in [5, 5.41) is 31.5. The van der Waals surface area contributed by atoms with E-state index in [0.29, 0.717) is 12.1 Å². The summed E-state index contributed by atoms with van der Waals surface area (Å²) in [5.41, 5.74) is 0.753. The van der Waals surface area contributed by atoms with Crippen molar-refractivity contribution in [2.75, 3.05) is 0 Å². The zero-order valence-corrected chi connectivity index (χ0v) is 9.32. The number of benzene rings is 1. The molecule has 0 unspecified atom stereocenters. The van der Waals surface area contributed by atoms with E-state index >= 15 is 0 Å². The molecular weight excluding hydrogens is 206 g/mol. The summed E-state index contributed by atoms with van der Waals surface area (Å²) >= 11 is 0. The first-order valence-electron chi connectivity index (χ1n) is 5.50. The number of phenolic OH excluding ortho intramolecular Hbond substituents is 3. The quantitative estimate of drug-likeness (QED) is 0.590. The second-order valence-corrected chi connectivity index (χ2v) is 4.71. The van der Waals surface area contributed by atoms with Gasteiger partial charge in [0.1, 0.15) is 0 Å². The molecule has 88 valence electrons. The first kappa shape index (κ1) is 11.1. The lowest BCUT2D eigenvalue weighted by molar-refractivity contribution is 0.206. The Morgan fingerprint density at radius 1 is 1.19 bits per heavy atom. The second kappa shape index (κ2) is 3.87. The van der Waals surface area contributed by atoms with Crippen LogP contribution < -0.4 is 5.32 Å². The van der Waals surface area contributed by atoms with Crippen LogP contribution in [0.25, 0.3) is 0 Å². The standard InChI is InChI=1S/C12H17NO3/c1-12(5-2-6-12)13-7-8-3-4-9(14)11(16)10(8)15/h3-4,13-16H,2,5-7H2,1H3. The maximum atomic E-state index is 9.62. The molecule has 0 saturated heterocycles. The van der Waals surface area contributed by atoms with E-state index in [9.17, 15) is 15.3 Å². The fourth-order valence-electron chi connectivity index (χ4n) is 1.95. The van der Waals surface area contributed by atoms with Crippen molar-refractivity contribution in [1.29, 1.82) is 0 Å². The van der Waals surface area contributed by atoms with Crippen LogP contribution in [0.2, 0.25) is 0 Å². The highest BCUT2D eigenvalue weighted by atomic mass is 16.3. The fourth-order valence-corrected chi connectivity index (χ4v) is 1.95. The van der Waals surface area contributed by atoms with Crippen molar-refractivity contribution in [3.05, 3.63) is 17.7 Å². The van der Waals surface area contributed by atoms with Crippen molar-refractivity contribution in [3.63, 3.8) is 0 Å². The molecule has 1 saturated carbocycles. The van der Waals surface area contributed by atoms with Gasteiger partial charge in [0.25, 0.3) is 0 Å². The highest BCUT2D eigenvalue weighted by Gasteiger charge is 2.31. The fraction of sp³-hybridized carbons (Fsp3) is 0.500. The van der Waals surface area contributed by atoms with E-state index in [-0.39, 0.29) is 17.0 Å². The molecule has 0 aromatic heterocycles. The molecule has 0 radical (unpaired) electrons. The molecule has 0 bridgehead atoms. The first-order chi connectivity index (χ1) is 7.52. The molecule has 0 aliphatic heterocycles. The van der Waals surface area contributed by atoms with Crippen LogP contribution in [0.3, 0.4) is 0 Å². The molecule has 1 aromatic rings. The van der Waals surface area contributed by atoms with Gasteiger partial charge in [0.15, 0.2) is 11.5 Å². The maximum Gasteiger partial charge on any atom is 0.200 e. The summed E-state index contributed by atoms with van der Waals surface area (Å²) in [7, 11) is 0. The van der Waals surface area contributed by atoms with E-state index in [0.717, 1.165) is 12.8 Å². The molecule has 1 aromatic carbocycles. The van der Waals surface area contributed by atoms with Crippen LogP contribution in [-0.2, 0) is 6.54 Å². The molecule has 1 aliphatic rings. The summed E-state index contributed by atoms with van der Waals surface area (Å²) in [4.78, 5) is 0. The molecule has 4 nitrogen and oxygen atoms in total. The average molecular weight is 223 g/mol. The SMILES string of the molecule is CC1(NCc2ccc(O)c(O)c2O)CCC1. The molecule has 0 atom stereocenters. The van der Waals surface area contributed by atoms with Crippen molar-refractivity contribution >= 4 is 0 Å². The molecule has 0 amide bonds. The summed E-state index contributed by atoms with van der Waals surface area (Å²) in [6.07, 6.45) is 3.51. The minimum Gasteiger partial charge on any atom is -0.504 e. The molecule has 16 heavy (non-hydrogen) atoms. The molecule has 4 N–H and O–H groups in total. The molecule has 4 heteroatoms. The zero-order chi connectivity index (χ0) is 11.8. The van der Waals surface area contributed by atoms with Gasteiger partial charge in [-0.15, -0.1) is 0 Å². The van der Waals surface area contributed by atoms with Gasteiger partial charge in [-0.25, -0.2) is 0 Å². The largest absolute Gasteiger partial charge is 0.504 e. The van der Waals surface area contributed by atoms with E-state index in [1.54, 1.807) is 6.07 Å². The molecule has 0 heterocycles. The number of nitrogens with one attached hydrogen (secondary N) is 1. The lowest BCUT2D eigenvalue weighted by atomic mass is 9.78. The Hall–Kier alpha value is -1.42.